The summed E-state index contributed by atoms with van der Waals surface area (Å²) < 4.78 is 0. The van der Waals surface area contributed by atoms with Crippen molar-refractivity contribution in [2.75, 3.05) is 32.8 Å². The van der Waals surface area contributed by atoms with E-state index in [2.05, 4.69) is 52.2 Å². The zero-order valence-electron chi connectivity index (χ0n) is 38.5. The molecule has 28 heteroatoms. The molecule has 1 aromatic rings. The number of unbranched alkanes of at least 4 members (excludes halogenated alkanes) is 1. The van der Waals surface area contributed by atoms with Gasteiger partial charge in [0.15, 0.2) is 5.96 Å². The van der Waals surface area contributed by atoms with Gasteiger partial charge in [-0.2, -0.15) is 0 Å². The maximum absolute atomic E-state index is 14.1. The lowest BCUT2D eigenvalue weighted by Crippen LogP contribution is -2.60. The van der Waals surface area contributed by atoms with Gasteiger partial charge in [-0.25, -0.2) is 9.78 Å². The number of amides is 9. The number of carboxylic acid groups (broad SMARTS) is 1. The average Bonchev–Trinajstić information content (AvgIpc) is 3.99. The van der Waals surface area contributed by atoms with Gasteiger partial charge >= 0.3 is 5.97 Å². The van der Waals surface area contributed by atoms with E-state index in [-0.39, 0.29) is 51.3 Å². The van der Waals surface area contributed by atoms with Crippen LogP contribution in [-0.4, -0.2) is 171 Å². The Balaban J connectivity index is 2.09. The number of likely N-dealkylation sites (tertiary alicyclic amines) is 1. The van der Waals surface area contributed by atoms with Crippen LogP contribution in [0.25, 0.3) is 0 Å². The highest BCUT2D eigenvalue weighted by Crippen LogP contribution is 2.21. The quantitative estimate of drug-likeness (QED) is 0.0194. The van der Waals surface area contributed by atoms with Crippen LogP contribution in [0, 0.1) is 5.92 Å². The second kappa shape index (κ2) is 29.0. The minimum atomic E-state index is -1.63. The minimum Gasteiger partial charge on any atom is -0.480 e. The molecule has 1 saturated heterocycles. The van der Waals surface area contributed by atoms with Crippen LogP contribution in [0.1, 0.15) is 77.8 Å². The fraction of sp³-hybridized carbons (Fsp3) is 0.650. The number of carbonyl (C=O) groups is 10. The van der Waals surface area contributed by atoms with E-state index in [4.69, 9.17) is 28.7 Å². The third kappa shape index (κ3) is 19.5. The van der Waals surface area contributed by atoms with E-state index >= 15 is 0 Å². The second-order valence-corrected chi connectivity index (χ2v) is 16.5. The van der Waals surface area contributed by atoms with Crippen molar-refractivity contribution in [2.45, 2.75) is 127 Å². The number of aliphatic hydroxyl groups is 1. The van der Waals surface area contributed by atoms with E-state index in [0.717, 1.165) is 0 Å². The molecule has 0 bridgehead atoms. The molecule has 0 radical (unpaired) electrons. The van der Waals surface area contributed by atoms with Crippen LogP contribution in [-0.2, 0) is 54.4 Å². The number of hydrogen-bond acceptors (Lipinski definition) is 15. The molecule has 1 aliphatic rings. The average molecular weight is 965 g/mol. The van der Waals surface area contributed by atoms with E-state index in [1.54, 1.807) is 13.8 Å². The summed E-state index contributed by atoms with van der Waals surface area (Å²) in [6.07, 6.45) is 3.84. The number of hydrogen-bond donors (Lipinski definition) is 15. The molecular weight excluding hydrogens is 897 g/mol. The predicted octanol–water partition coefficient (Wildman–Crippen LogP) is -6.89. The number of nitrogens with one attached hydrogen (secondary N) is 8. The summed E-state index contributed by atoms with van der Waals surface area (Å²) in [4.78, 5) is 142. The molecule has 2 heterocycles. The van der Waals surface area contributed by atoms with Gasteiger partial charge in [0, 0.05) is 31.4 Å². The first-order valence-electron chi connectivity index (χ1n) is 22.1. The SMILES string of the molecule is CC(C)[C@H](NC(=O)[C@@H]1CCCN1C(=O)[C@H](CCCCN)NC(=O)CNC(=O)[C@H](CO)NC(=O)[C@H](C)NC(=O)[C@@H](N)CCCN=C(N)N)C(=O)N[C@@H](CC(N)=O)C(=O)N[C@@H](Cc1cnc[nH]1)C(=O)O. The number of aromatic nitrogens is 2. The van der Waals surface area contributed by atoms with E-state index in [9.17, 15) is 58.2 Å². The Labute approximate surface area is 392 Å². The van der Waals surface area contributed by atoms with Gasteiger partial charge < -0.3 is 86.0 Å². The molecule has 0 aromatic carbocycles. The first-order valence-corrected chi connectivity index (χ1v) is 22.1. The first-order chi connectivity index (χ1) is 32.1. The van der Waals surface area contributed by atoms with Crippen LogP contribution in [0.15, 0.2) is 17.5 Å². The number of aliphatic hydroxyl groups excluding tert-OH is 1. The highest BCUT2D eigenvalue weighted by atomic mass is 16.4. The number of aliphatic imine (C=N–C) groups is 1. The Morgan fingerprint density at radius 2 is 1.50 bits per heavy atom. The number of carbonyl (C=O) groups excluding carboxylic acids is 9. The van der Waals surface area contributed by atoms with Crippen LogP contribution < -0.4 is 65.9 Å². The maximum Gasteiger partial charge on any atom is 0.326 e. The molecule has 8 atom stereocenters. The van der Waals surface area contributed by atoms with Crippen LogP contribution in [0.3, 0.4) is 0 Å². The Morgan fingerprint density at radius 1 is 0.824 bits per heavy atom. The summed E-state index contributed by atoms with van der Waals surface area (Å²) in [6, 6.07) is -10.5. The zero-order chi connectivity index (χ0) is 51.1. The third-order valence-corrected chi connectivity index (χ3v) is 10.6. The molecule has 68 heavy (non-hydrogen) atoms. The van der Waals surface area contributed by atoms with Crippen molar-refractivity contribution in [3.05, 3.63) is 18.2 Å². The standard InChI is InChI=1S/C40H68N16O12/c1-20(2)31(37(65)52-25(15-29(43)58)35(63)53-26(39(67)68)14-22-16-46-19-49-22)55-36(64)28-10-7-13-56(28)38(66)24(9-4-5-11-41)51-30(59)17-48-34(62)27(18-57)54-32(60)21(3)50-33(61)23(42)8-6-12-47-40(44)45/h16,19-21,23-28,31,57H,4-15,17-18,41-42H2,1-3H3,(H2,43,58)(H,46,49)(H,48,62)(H,50,61)(H,51,59)(H,52,65)(H,53,63)(H,54,60)(H,55,64)(H,67,68)(H4,44,45,47)/t21-,23-,24-,25-,26-,27-,28-,31-/m0/s1. The van der Waals surface area contributed by atoms with Gasteiger partial charge in [0.05, 0.1) is 31.9 Å². The monoisotopic (exact) mass is 965 g/mol. The van der Waals surface area contributed by atoms with Gasteiger partial charge in [-0.3, -0.25) is 48.1 Å². The lowest BCUT2D eigenvalue weighted by atomic mass is 10.0. The van der Waals surface area contributed by atoms with E-state index in [1.165, 1.54) is 24.3 Å². The van der Waals surface area contributed by atoms with Gasteiger partial charge in [-0.15, -0.1) is 0 Å². The molecule has 0 unspecified atom stereocenters. The summed E-state index contributed by atoms with van der Waals surface area (Å²) >= 11 is 0. The molecule has 1 aliphatic heterocycles. The lowest BCUT2D eigenvalue weighted by molar-refractivity contribution is -0.143. The minimum absolute atomic E-state index is 0.0877. The smallest absolute Gasteiger partial charge is 0.326 e. The zero-order valence-corrected chi connectivity index (χ0v) is 38.5. The van der Waals surface area contributed by atoms with Crippen LogP contribution in [0.4, 0.5) is 0 Å². The Kier molecular flexibility index (Phi) is 24.4. The largest absolute Gasteiger partial charge is 0.480 e. The van der Waals surface area contributed by atoms with Gasteiger partial charge in [0.2, 0.25) is 53.2 Å². The summed E-state index contributed by atoms with van der Waals surface area (Å²) in [7, 11) is 0. The molecule has 0 spiro atoms. The fourth-order valence-electron chi connectivity index (χ4n) is 6.86. The number of nitrogens with two attached hydrogens (primary N) is 5. The number of carboxylic acids is 1. The van der Waals surface area contributed by atoms with Crippen molar-refractivity contribution < 1.29 is 58.2 Å². The number of H-pyrrole nitrogens is 1. The number of primary amides is 1. The Hall–Kier alpha value is -6.94. The molecule has 1 aromatic heterocycles. The summed E-state index contributed by atoms with van der Waals surface area (Å²) in [5.74, 6) is -9.74. The number of aromatic amines is 1. The Morgan fingerprint density at radius 3 is 2.09 bits per heavy atom. The van der Waals surface area contributed by atoms with Crippen LogP contribution >= 0.6 is 0 Å². The van der Waals surface area contributed by atoms with Crippen LogP contribution in [0.2, 0.25) is 0 Å². The lowest BCUT2D eigenvalue weighted by Gasteiger charge is -2.31. The third-order valence-electron chi connectivity index (χ3n) is 10.6. The number of aliphatic carboxylic acids is 1. The molecule has 1 fully saturated rings. The topological polar surface area (TPSA) is 470 Å². The second-order valence-electron chi connectivity index (χ2n) is 16.5. The summed E-state index contributed by atoms with van der Waals surface area (Å²) in [6.45, 7) is 3.54. The fourth-order valence-corrected chi connectivity index (χ4v) is 6.86. The molecule has 28 nitrogen and oxygen atoms in total. The van der Waals surface area contributed by atoms with Crippen molar-refractivity contribution in [3.63, 3.8) is 0 Å². The molecule has 380 valence electrons. The van der Waals surface area contributed by atoms with Gasteiger partial charge in [-0.1, -0.05) is 13.8 Å². The normalized spacial score (nSPS) is 16.3. The summed E-state index contributed by atoms with van der Waals surface area (Å²) in [5, 5.41) is 36.4. The van der Waals surface area contributed by atoms with Gasteiger partial charge in [0.1, 0.15) is 42.3 Å². The summed E-state index contributed by atoms with van der Waals surface area (Å²) in [5.41, 5.74) is 27.8. The number of rotatable bonds is 30. The molecule has 9 amide bonds. The van der Waals surface area contributed by atoms with Gasteiger partial charge in [-0.05, 0) is 64.3 Å². The van der Waals surface area contributed by atoms with Crippen molar-refractivity contribution in [1.29, 1.82) is 0 Å². The van der Waals surface area contributed by atoms with E-state index < -0.39 is 133 Å². The molecule has 0 aliphatic carbocycles. The molecule has 20 N–H and O–H groups in total. The highest BCUT2D eigenvalue weighted by Gasteiger charge is 2.40. The van der Waals surface area contributed by atoms with Gasteiger partial charge in [0.25, 0.3) is 0 Å². The van der Waals surface area contributed by atoms with Crippen molar-refractivity contribution in [1.82, 2.24) is 52.1 Å². The number of nitrogens with zero attached hydrogens (tertiary/aromatic N) is 3. The number of imidazole rings is 1. The van der Waals surface area contributed by atoms with Crippen molar-refractivity contribution >= 4 is 65.1 Å². The molecule has 0 saturated carbocycles. The van der Waals surface area contributed by atoms with E-state index in [1.807, 2.05) is 0 Å². The highest BCUT2D eigenvalue weighted by molar-refractivity contribution is 5.98. The number of guanidine groups is 1. The van der Waals surface area contributed by atoms with E-state index in [0.29, 0.717) is 31.4 Å². The maximum atomic E-state index is 14.1. The molecule has 2 rings (SSSR count). The van der Waals surface area contributed by atoms with Crippen molar-refractivity contribution in [2.24, 2.45) is 39.6 Å². The predicted molar refractivity (Wildman–Crippen MR) is 241 cm³/mol. The first kappa shape index (κ1) is 57.2. The Bertz CT molecular complexity index is 1930. The van der Waals surface area contributed by atoms with Crippen LogP contribution in [0.5, 0.6) is 0 Å². The van der Waals surface area contributed by atoms with Crippen molar-refractivity contribution in [3.8, 4) is 0 Å². The molecular formula is C40H68N16O12.